The lowest BCUT2D eigenvalue weighted by atomic mass is 9.97. The molecule has 1 aliphatic carbocycles. The molecule has 7 nitrogen and oxygen atoms in total. The summed E-state index contributed by atoms with van der Waals surface area (Å²) >= 11 is 0. The average molecular weight is 351 g/mol. The van der Waals surface area contributed by atoms with Crippen LogP contribution in [0.3, 0.4) is 0 Å². The monoisotopic (exact) mass is 351 g/mol. The smallest absolute Gasteiger partial charge is 0.231 e. The Morgan fingerprint density at radius 3 is 3.12 bits per heavy atom. The van der Waals surface area contributed by atoms with Crippen LogP contribution in [0.15, 0.2) is 28.9 Å². The molecule has 0 radical (unpaired) electrons. The third kappa shape index (κ3) is 2.98. The van der Waals surface area contributed by atoms with Gasteiger partial charge in [0, 0.05) is 30.8 Å². The van der Waals surface area contributed by atoms with Crippen LogP contribution in [-0.2, 0) is 11.2 Å². The molecule has 0 bridgehead atoms. The van der Waals surface area contributed by atoms with Crippen LogP contribution in [0.1, 0.15) is 48.9 Å². The highest BCUT2D eigenvalue weighted by Gasteiger charge is 2.36. The number of likely N-dealkylation sites (tertiary alicyclic amines) is 1. The zero-order valence-electron chi connectivity index (χ0n) is 14.5. The van der Waals surface area contributed by atoms with E-state index in [1.807, 2.05) is 23.2 Å². The van der Waals surface area contributed by atoms with Crippen molar-refractivity contribution in [3.8, 4) is 0 Å². The molecule has 3 heterocycles. The first-order chi connectivity index (χ1) is 12.8. The van der Waals surface area contributed by atoms with E-state index < -0.39 is 0 Å². The minimum atomic E-state index is 0.157. The van der Waals surface area contributed by atoms with Gasteiger partial charge in [-0.15, -0.1) is 0 Å². The normalized spacial score (nSPS) is 20.6. The molecule has 3 aromatic rings. The first kappa shape index (κ1) is 15.5. The number of hydrogen-bond acceptors (Lipinski definition) is 5. The third-order valence-corrected chi connectivity index (χ3v) is 5.36. The van der Waals surface area contributed by atoms with E-state index in [9.17, 15) is 4.79 Å². The Morgan fingerprint density at radius 1 is 1.31 bits per heavy atom. The van der Waals surface area contributed by atoms with Crippen LogP contribution < -0.4 is 0 Å². The van der Waals surface area contributed by atoms with Crippen molar-refractivity contribution in [3.63, 3.8) is 0 Å². The molecule has 1 N–H and O–H groups in total. The SMILES string of the molecule is O=C(C1CC1)N1CCCC(c2nc(Cc3ccc4[nH]ncc4c3)no2)C1. The lowest BCUT2D eigenvalue weighted by Gasteiger charge is -2.31. The second-order valence-electron chi connectivity index (χ2n) is 7.41. The van der Waals surface area contributed by atoms with Gasteiger partial charge < -0.3 is 9.42 Å². The second kappa shape index (κ2) is 6.23. The fourth-order valence-electron chi connectivity index (χ4n) is 3.76. The van der Waals surface area contributed by atoms with Gasteiger partial charge in [-0.2, -0.15) is 10.1 Å². The number of amides is 1. The number of carbonyl (C=O) groups is 1. The zero-order valence-corrected chi connectivity index (χ0v) is 14.5. The minimum Gasteiger partial charge on any atom is -0.342 e. The predicted molar refractivity (Wildman–Crippen MR) is 94.5 cm³/mol. The highest BCUT2D eigenvalue weighted by Crippen LogP contribution is 2.34. The molecule has 2 fully saturated rings. The summed E-state index contributed by atoms with van der Waals surface area (Å²) in [6, 6.07) is 6.15. The lowest BCUT2D eigenvalue weighted by molar-refractivity contribution is -0.133. The second-order valence-corrected chi connectivity index (χ2v) is 7.41. The molecule has 1 atom stereocenters. The Hall–Kier alpha value is -2.70. The number of piperidine rings is 1. The van der Waals surface area contributed by atoms with Gasteiger partial charge in [-0.25, -0.2) is 0 Å². The molecule has 2 aromatic heterocycles. The molecule has 1 saturated carbocycles. The fourth-order valence-corrected chi connectivity index (χ4v) is 3.76. The number of carbonyl (C=O) groups excluding carboxylic acids is 1. The van der Waals surface area contributed by atoms with Crippen molar-refractivity contribution >= 4 is 16.8 Å². The van der Waals surface area contributed by atoms with E-state index in [1.165, 1.54) is 0 Å². The van der Waals surface area contributed by atoms with Crippen molar-refractivity contribution in [2.75, 3.05) is 13.1 Å². The molecule has 1 aromatic carbocycles. The van der Waals surface area contributed by atoms with Gasteiger partial charge in [0.05, 0.1) is 17.6 Å². The van der Waals surface area contributed by atoms with Crippen LogP contribution in [-0.4, -0.2) is 44.2 Å². The largest absolute Gasteiger partial charge is 0.342 e. The van der Waals surface area contributed by atoms with Crippen molar-refractivity contribution in [2.45, 2.75) is 38.0 Å². The standard InChI is InChI=1S/C19H21N5O2/c25-19(13-4-5-13)24-7-1-2-14(11-24)18-21-17(23-26-18)9-12-3-6-16-15(8-12)10-20-22-16/h3,6,8,10,13-14H,1-2,4-5,7,9,11H2,(H,20,22). The van der Waals surface area contributed by atoms with Crippen LogP contribution in [0, 0.1) is 5.92 Å². The number of H-pyrrole nitrogens is 1. The average Bonchev–Trinajstić information content (AvgIpc) is 3.23. The molecule has 7 heteroatoms. The molecule has 26 heavy (non-hydrogen) atoms. The van der Waals surface area contributed by atoms with Crippen LogP contribution in [0.5, 0.6) is 0 Å². The number of aromatic amines is 1. The molecule has 1 amide bonds. The summed E-state index contributed by atoms with van der Waals surface area (Å²) in [6.45, 7) is 1.56. The number of nitrogens with one attached hydrogen (secondary N) is 1. The number of rotatable bonds is 4. The third-order valence-electron chi connectivity index (χ3n) is 5.36. The van der Waals surface area contributed by atoms with Crippen molar-refractivity contribution in [1.82, 2.24) is 25.2 Å². The predicted octanol–water partition coefficient (Wildman–Crippen LogP) is 2.65. The molecule has 2 aliphatic rings. The summed E-state index contributed by atoms with van der Waals surface area (Å²) < 4.78 is 5.54. The number of hydrogen-bond donors (Lipinski definition) is 1. The first-order valence-electron chi connectivity index (χ1n) is 9.29. The molecule has 5 rings (SSSR count). The van der Waals surface area contributed by atoms with Gasteiger partial charge in [0.25, 0.3) is 0 Å². The van der Waals surface area contributed by atoms with Gasteiger partial charge in [0.1, 0.15) is 0 Å². The van der Waals surface area contributed by atoms with Gasteiger partial charge >= 0.3 is 0 Å². The van der Waals surface area contributed by atoms with Gasteiger partial charge in [0.2, 0.25) is 11.8 Å². The van der Waals surface area contributed by atoms with Crippen LogP contribution in [0.4, 0.5) is 0 Å². The van der Waals surface area contributed by atoms with Gasteiger partial charge in [-0.3, -0.25) is 9.89 Å². The molecular formula is C19H21N5O2. The molecule has 1 unspecified atom stereocenters. The van der Waals surface area contributed by atoms with Crippen molar-refractivity contribution in [1.29, 1.82) is 0 Å². The van der Waals surface area contributed by atoms with E-state index >= 15 is 0 Å². The summed E-state index contributed by atoms with van der Waals surface area (Å²) in [6.07, 6.45) is 6.53. The van der Waals surface area contributed by atoms with Crippen molar-refractivity contribution < 1.29 is 9.32 Å². The van der Waals surface area contributed by atoms with E-state index in [0.717, 1.165) is 48.7 Å². The van der Waals surface area contributed by atoms with Gasteiger partial charge in [-0.05, 0) is 43.4 Å². The topological polar surface area (TPSA) is 87.9 Å². The van der Waals surface area contributed by atoms with E-state index in [1.54, 1.807) is 0 Å². The van der Waals surface area contributed by atoms with E-state index in [4.69, 9.17) is 4.52 Å². The Bertz CT molecular complexity index is 942. The van der Waals surface area contributed by atoms with E-state index in [-0.39, 0.29) is 11.8 Å². The maximum atomic E-state index is 12.3. The summed E-state index contributed by atoms with van der Waals surface area (Å²) in [5.74, 6) is 2.09. The molecule has 0 spiro atoms. The Kier molecular flexibility index (Phi) is 3.72. The van der Waals surface area contributed by atoms with Crippen molar-refractivity contribution in [3.05, 3.63) is 41.7 Å². The lowest BCUT2D eigenvalue weighted by Crippen LogP contribution is -2.40. The highest BCUT2D eigenvalue weighted by molar-refractivity contribution is 5.81. The highest BCUT2D eigenvalue weighted by atomic mass is 16.5. The molecule has 1 aliphatic heterocycles. The minimum absolute atomic E-state index is 0.157. The summed E-state index contributed by atoms with van der Waals surface area (Å²) in [5, 5.41) is 12.2. The molecule has 134 valence electrons. The van der Waals surface area contributed by atoms with Crippen molar-refractivity contribution in [2.24, 2.45) is 5.92 Å². The Morgan fingerprint density at radius 2 is 2.23 bits per heavy atom. The number of fused-ring (bicyclic) bond motifs is 1. The fraction of sp³-hybridized carbons (Fsp3) is 0.474. The number of aromatic nitrogens is 4. The van der Waals surface area contributed by atoms with Gasteiger partial charge in [-0.1, -0.05) is 11.2 Å². The number of nitrogens with zero attached hydrogens (tertiary/aromatic N) is 4. The summed E-state index contributed by atoms with van der Waals surface area (Å²) in [4.78, 5) is 18.9. The molecular weight excluding hydrogens is 330 g/mol. The van der Waals surface area contributed by atoms with Crippen LogP contribution in [0.2, 0.25) is 0 Å². The maximum Gasteiger partial charge on any atom is 0.231 e. The number of benzene rings is 1. The summed E-state index contributed by atoms with van der Waals surface area (Å²) in [7, 11) is 0. The first-order valence-corrected chi connectivity index (χ1v) is 9.29. The summed E-state index contributed by atoms with van der Waals surface area (Å²) in [5.41, 5.74) is 2.14. The van der Waals surface area contributed by atoms with Crippen LogP contribution >= 0.6 is 0 Å². The quantitative estimate of drug-likeness (QED) is 0.781. The Labute approximate surface area is 150 Å². The van der Waals surface area contributed by atoms with E-state index in [0.29, 0.717) is 30.6 Å². The van der Waals surface area contributed by atoms with E-state index in [2.05, 4.69) is 26.4 Å². The molecule has 1 saturated heterocycles. The zero-order chi connectivity index (χ0) is 17.5. The maximum absolute atomic E-state index is 12.3. The van der Waals surface area contributed by atoms with Crippen LogP contribution in [0.25, 0.3) is 10.9 Å². The Balaban J connectivity index is 1.29. The van der Waals surface area contributed by atoms with Gasteiger partial charge in [0.15, 0.2) is 5.82 Å².